The van der Waals surface area contributed by atoms with Crippen molar-refractivity contribution in [2.45, 2.75) is 26.6 Å². The summed E-state index contributed by atoms with van der Waals surface area (Å²) in [4.78, 5) is 6.50. The first-order chi connectivity index (χ1) is 9.60. The summed E-state index contributed by atoms with van der Waals surface area (Å²) in [6.45, 7) is 3.42. The molecule has 0 amide bonds. The molecule has 0 aliphatic heterocycles. The summed E-state index contributed by atoms with van der Waals surface area (Å²) in [5.41, 5.74) is 8.74. The minimum Gasteiger partial charge on any atom is -0.326 e. The summed E-state index contributed by atoms with van der Waals surface area (Å²) in [5, 5.41) is 0. The van der Waals surface area contributed by atoms with Crippen LogP contribution in [0.2, 0.25) is 0 Å². The molecule has 3 nitrogen and oxygen atoms in total. The SMILES string of the molecule is Cc1cccc(CN(C)Cc2cccc(CN)c2F)n1. The zero-order valence-corrected chi connectivity index (χ0v) is 11.9. The molecule has 0 aliphatic rings. The first-order valence-corrected chi connectivity index (χ1v) is 6.67. The third-order valence-corrected chi connectivity index (χ3v) is 3.20. The van der Waals surface area contributed by atoms with Gasteiger partial charge in [0, 0.05) is 36.5 Å². The van der Waals surface area contributed by atoms with Gasteiger partial charge in [-0.05, 0) is 26.1 Å². The third-order valence-electron chi connectivity index (χ3n) is 3.20. The Hall–Kier alpha value is -1.78. The lowest BCUT2D eigenvalue weighted by atomic mass is 10.1. The average Bonchev–Trinajstić information content (AvgIpc) is 2.41. The number of rotatable bonds is 5. The Morgan fingerprint density at radius 1 is 1.10 bits per heavy atom. The quantitative estimate of drug-likeness (QED) is 0.910. The highest BCUT2D eigenvalue weighted by atomic mass is 19.1. The molecule has 0 fully saturated rings. The predicted molar refractivity (Wildman–Crippen MR) is 78.4 cm³/mol. The van der Waals surface area contributed by atoms with Crippen molar-refractivity contribution < 1.29 is 4.39 Å². The lowest BCUT2D eigenvalue weighted by Gasteiger charge is -2.17. The maximum absolute atomic E-state index is 14.1. The summed E-state index contributed by atoms with van der Waals surface area (Å²) in [6.07, 6.45) is 0. The van der Waals surface area contributed by atoms with E-state index in [1.165, 1.54) is 0 Å². The number of aryl methyl sites for hydroxylation is 1. The highest BCUT2D eigenvalue weighted by Crippen LogP contribution is 2.15. The number of nitrogens with two attached hydrogens (primary N) is 1. The highest BCUT2D eigenvalue weighted by Gasteiger charge is 2.09. The van der Waals surface area contributed by atoms with Crippen molar-refractivity contribution >= 4 is 0 Å². The fourth-order valence-corrected chi connectivity index (χ4v) is 2.22. The molecule has 2 aromatic rings. The molecule has 2 N–H and O–H groups in total. The Morgan fingerprint density at radius 2 is 1.80 bits per heavy atom. The van der Waals surface area contributed by atoms with Gasteiger partial charge in [0.2, 0.25) is 0 Å². The predicted octanol–water partition coefficient (Wildman–Crippen LogP) is 2.62. The number of halogens is 1. The summed E-state index contributed by atoms with van der Waals surface area (Å²) < 4.78 is 14.1. The van der Waals surface area contributed by atoms with E-state index in [9.17, 15) is 4.39 Å². The van der Waals surface area contributed by atoms with Crippen LogP contribution in [0.3, 0.4) is 0 Å². The van der Waals surface area contributed by atoms with Gasteiger partial charge in [-0.2, -0.15) is 0 Å². The maximum atomic E-state index is 14.1. The molecule has 1 aromatic heterocycles. The third kappa shape index (κ3) is 3.62. The summed E-state index contributed by atoms with van der Waals surface area (Å²) >= 11 is 0. The second-order valence-corrected chi connectivity index (χ2v) is 5.04. The number of aromatic nitrogens is 1. The molecular formula is C16H20FN3. The molecule has 0 bridgehead atoms. The Morgan fingerprint density at radius 3 is 2.50 bits per heavy atom. The smallest absolute Gasteiger partial charge is 0.132 e. The monoisotopic (exact) mass is 273 g/mol. The molecular weight excluding hydrogens is 253 g/mol. The van der Waals surface area contributed by atoms with Crippen LogP contribution in [-0.4, -0.2) is 16.9 Å². The summed E-state index contributed by atoms with van der Waals surface area (Å²) in [7, 11) is 1.96. The van der Waals surface area contributed by atoms with Crippen molar-refractivity contribution in [3.8, 4) is 0 Å². The molecule has 1 heterocycles. The van der Waals surface area contributed by atoms with Gasteiger partial charge in [0.15, 0.2) is 0 Å². The topological polar surface area (TPSA) is 42.1 Å². The standard InChI is InChI=1S/C16H20FN3/c1-12-5-3-8-15(19-12)11-20(2)10-14-7-4-6-13(9-18)16(14)17/h3-8H,9-11,18H2,1-2H3. The molecule has 0 atom stereocenters. The molecule has 0 saturated carbocycles. The van der Waals surface area contributed by atoms with Crippen LogP contribution in [0, 0.1) is 12.7 Å². The normalized spacial score (nSPS) is 11.1. The van der Waals surface area contributed by atoms with Crippen LogP contribution in [0.15, 0.2) is 36.4 Å². The van der Waals surface area contributed by atoms with E-state index in [1.807, 2.05) is 43.1 Å². The van der Waals surface area contributed by atoms with Gasteiger partial charge in [0.25, 0.3) is 0 Å². The van der Waals surface area contributed by atoms with Crippen molar-refractivity contribution in [3.63, 3.8) is 0 Å². The molecule has 0 unspecified atom stereocenters. The number of nitrogens with zero attached hydrogens (tertiary/aromatic N) is 2. The summed E-state index contributed by atoms with van der Waals surface area (Å²) in [6, 6.07) is 11.3. The van der Waals surface area contributed by atoms with Crippen LogP contribution in [-0.2, 0) is 19.6 Å². The van der Waals surface area contributed by atoms with Crippen LogP contribution in [0.4, 0.5) is 4.39 Å². The number of pyridine rings is 1. The molecule has 4 heteroatoms. The maximum Gasteiger partial charge on any atom is 0.132 e. The number of hydrogen-bond donors (Lipinski definition) is 1. The molecule has 106 valence electrons. The first-order valence-electron chi connectivity index (χ1n) is 6.67. The van der Waals surface area contributed by atoms with E-state index in [4.69, 9.17) is 5.73 Å². The Balaban J connectivity index is 2.06. The van der Waals surface area contributed by atoms with Crippen LogP contribution >= 0.6 is 0 Å². The van der Waals surface area contributed by atoms with Crippen LogP contribution in [0.5, 0.6) is 0 Å². The van der Waals surface area contributed by atoms with E-state index in [-0.39, 0.29) is 12.4 Å². The molecule has 0 radical (unpaired) electrons. The fraction of sp³-hybridized carbons (Fsp3) is 0.312. The van der Waals surface area contributed by atoms with Gasteiger partial charge >= 0.3 is 0 Å². The lowest BCUT2D eigenvalue weighted by molar-refractivity contribution is 0.309. The zero-order valence-electron chi connectivity index (χ0n) is 11.9. The van der Waals surface area contributed by atoms with Crippen LogP contribution in [0.1, 0.15) is 22.5 Å². The number of benzene rings is 1. The van der Waals surface area contributed by atoms with Gasteiger partial charge in [0.1, 0.15) is 5.82 Å². The molecule has 0 saturated heterocycles. The average molecular weight is 273 g/mol. The van der Waals surface area contributed by atoms with E-state index < -0.39 is 0 Å². The van der Waals surface area contributed by atoms with Crippen molar-refractivity contribution in [2.75, 3.05) is 7.05 Å². The number of hydrogen-bond acceptors (Lipinski definition) is 3. The Bertz CT molecular complexity index is 584. The molecule has 2 rings (SSSR count). The van der Waals surface area contributed by atoms with Crippen molar-refractivity contribution in [1.29, 1.82) is 0 Å². The molecule has 0 spiro atoms. The zero-order chi connectivity index (χ0) is 14.5. The minimum atomic E-state index is -0.195. The van der Waals surface area contributed by atoms with Gasteiger partial charge in [0.05, 0.1) is 5.69 Å². The molecule has 1 aromatic carbocycles. The van der Waals surface area contributed by atoms with Crippen LogP contribution < -0.4 is 5.73 Å². The fourth-order valence-electron chi connectivity index (χ4n) is 2.22. The second-order valence-electron chi connectivity index (χ2n) is 5.04. The van der Waals surface area contributed by atoms with Crippen molar-refractivity contribution in [2.24, 2.45) is 5.73 Å². The highest BCUT2D eigenvalue weighted by molar-refractivity contribution is 5.26. The van der Waals surface area contributed by atoms with Crippen molar-refractivity contribution in [3.05, 3.63) is 64.7 Å². The summed E-state index contributed by atoms with van der Waals surface area (Å²) in [5.74, 6) is -0.195. The van der Waals surface area contributed by atoms with E-state index in [0.717, 1.165) is 11.4 Å². The minimum absolute atomic E-state index is 0.195. The largest absolute Gasteiger partial charge is 0.326 e. The van der Waals surface area contributed by atoms with Crippen molar-refractivity contribution in [1.82, 2.24) is 9.88 Å². The van der Waals surface area contributed by atoms with Gasteiger partial charge in [-0.1, -0.05) is 24.3 Å². The van der Waals surface area contributed by atoms with Gasteiger partial charge < -0.3 is 5.73 Å². The van der Waals surface area contributed by atoms with E-state index in [1.54, 1.807) is 12.1 Å². The van der Waals surface area contributed by atoms with E-state index in [0.29, 0.717) is 24.2 Å². The van der Waals surface area contributed by atoms with Crippen LogP contribution in [0.25, 0.3) is 0 Å². The van der Waals surface area contributed by atoms with Gasteiger partial charge in [-0.25, -0.2) is 4.39 Å². The Kier molecular flexibility index (Phi) is 4.82. The lowest BCUT2D eigenvalue weighted by Crippen LogP contribution is -2.19. The molecule has 20 heavy (non-hydrogen) atoms. The Labute approximate surface area is 119 Å². The first kappa shape index (κ1) is 14.6. The van der Waals surface area contributed by atoms with Gasteiger partial charge in [-0.3, -0.25) is 9.88 Å². The van der Waals surface area contributed by atoms with E-state index >= 15 is 0 Å². The van der Waals surface area contributed by atoms with E-state index in [2.05, 4.69) is 4.98 Å². The van der Waals surface area contributed by atoms with Gasteiger partial charge in [-0.15, -0.1) is 0 Å². The second kappa shape index (κ2) is 6.59. The molecule has 0 aliphatic carbocycles.